The summed E-state index contributed by atoms with van der Waals surface area (Å²) >= 11 is 0. The summed E-state index contributed by atoms with van der Waals surface area (Å²) in [5, 5.41) is 6.57. The maximum absolute atomic E-state index is 12.6. The van der Waals surface area contributed by atoms with Crippen molar-refractivity contribution in [1.82, 2.24) is 29.5 Å². The van der Waals surface area contributed by atoms with Gasteiger partial charge in [0, 0.05) is 24.1 Å². The molecule has 2 N–H and O–H groups in total. The Morgan fingerprint density at radius 1 is 0.967 bits per heavy atom. The second kappa shape index (κ2) is 6.76. The van der Waals surface area contributed by atoms with Crippen LogP contribution >= 0.6 is 0 Å². The number of aromatic nitrogens is 6. The molecule has 150 valence electrons. The molecule has 4 aromatic rings. The number of H-pyrrole nitrogens is 1. The number of benzene rings is 1. The third-order valence-corrected chi connectivity index (χ3v) is 6.06. The summed E-state index contributed by atoms with van der Waals surface area (Å²) in [7, 11) is 0. The highest BCUT2D eigenvalue weighted by atomic mass is 16.1. The van der Waals surface area contributed by atoms with Gasteiger partial charge in [-0.2, -0.15) is 9.50 Å². The normalized spacial score (nSPS) is 14.8. The van der Waals surface area contributed by atoms with Gasteiger partial charge in [-0.25, -0.2) is 15.0 Å². The predicted molar refractivity (Wildman–Crippen MR) is 112 cm³/mol. The van der Waals surface area contributed by atoms with Crippen molar-refractivity contribution in [2.75, 3.05) is 5.32 Å². The lowest BCUT2D eigenvalue weighted by atomic mass is 9.99. The average molecular weight is 399 g/mol. The molecule has 2 aliphatic carbocycles. The molecule has 0 aliphatic heterocycles. The Hall–Kier alpha value is -3.55. The third-order valence-electron chi connectivity index (χ3n) is 6.06. The van der Waals surface area contributed by atoms with Crippen LogP contribution in [0.1, 0.15) is 46.6 Å². The highest BCUT2D eigenvalue weighted by Crippen LogP contribution is 2.39. The van der Waals surface area contributed by atoms with Crippen molar-refractivity contribution in [3.8, 4) is 0 Å². The molecule has 0 saturated carbocycles. The maximum Gasteiger partial charge on any atom is 0.274 e. The van der Waals surface area contributed by atoms with E-state index < -0.39 is 0 Å². The second-order valence-corrected chi connectivity index (χ2v) is 7.99. The van der Waals surface area contributed by atoms with E-state index >= 15 is 0 Å². The van der Waals surface area contributed by atoms with E-state index in [1.807, 2.05) is 0 Å². The van der Waals surface area contributed by atoms with Crippen molar-refractivity contribution >= 4 is 17.4 Å². The highest BCUT2D eigenvalue weighted by Gasteiger charge is 2.24. The first-order valence-corrected chi connectivity index (χ1v) is 10.4. The van der Waals surface area contributed by atoms with Gasteiger partial charge in [-0.3, -0.25) is 9.89 Å². The third kappa shape index (κ3) is 2.87. The minimum atomic E-state index is -0.199. The van der Waals surface area contributed by atoms with Crippen LogP contribution in [0.3, 0.4) is 0 Å². The van der Waals surface area contributed by atoms with E-state index in [-0.39, 0.29) is 5.56 Å². The van der Waals surface area contributed by atoms with Gasteiger partial charge in [-0.15, -0.1) is 0 Å². The van der Waals surface area contributed by atoms with Gasteiger partial charge in [0.1, 0.15) is 5.82 Å². The van der Waals surface area contributed by atoms with Crippen LogP contribution < -0.4 is 10.9 Å². The standard InChI is InChI=1S/C22H21N7O/c30-19-12-15(11-18-23-8-3-9-24-18)25-22-27-21(28-29(19)22)26-20-16-6-1-4-13(16)10-14-5-2-7-17(14)20/h3,8-10,12H,1-2,4-7,11H2,(H2,25,26,27,28). The Bertz CT molecular complexity index is 1290. The van der Waals surface area contributed by atoms with Crippen LogP contribution in [0.2, 0.25) is 0 Å². The van der Waals surface area contributed by atoms with E-state index in [4.69, 9.17) is 0 Å². The lowest BCUT2D eigenvalue weighted by Gasteiger charge is -2.15. The summed E-state index contributed by atoms with van der Waals surface area (Å²) in [6.07, 6.45) is 10.6. The summed E-state index contributed by atoms with van der Waals surface area (Å²) < 4.78 is 1.38. The van der Waals surface area contributed by atoms with Crippen LogP contribution in [0.25, 0.3) is 5.78 Å². The van der Waals surface area contributed by atoms with Gasteiger partial charge in [0.25, 0.3) is 11.3 Å². The van der Waals surface area contributed by atoms with Gasteiger partial charge in [0.2, 0.25) is 5.95 Å². The van der Waals surface area contributed by atoms with Gasteiger partial charge >= 0.3 is 0 Å². The first-order valence-electron chi connectivity index (χ1n) is 10.4. The molecule has 3 aromatic heterocycles. The minimum absolute atomic E-state index is 0.199. The Kier molecular flexibility index (Phi) is 3.90. The molecule has 1 aromatic carbocycles. The average Bonchev–Trinajstić information content (AvgIpc) is 3.47. The molecule has 0 saturated heterocycles. The Morgan fingerprint density at radius 3 is 2.43 bits per heavy atom. The van der Waals surface area contributed by atoms with Gasteiger partial charge in [-0.05, 0) is 66.8 Å². The van der Waals surface area contributed by atoms with Crippen LogP contribution in [0.15, 0.2) is 35.4 Å². The first kappa shape index (κ1) is 17.3. The fraction of sp³-hybridized carbons (Fsp3) is 0.318. The van der Waals surface area contributed by atoms with E-state index in [9.17, 15) is 4.79 Å². The number of nitrogens with zero attached hydrogens (tertiary/aromatic N) is 5. The van der Waals surface area contributed by atoms with Crippen molar-refractivity contribution in [2.45, 2.75) is 44.9 Å². The van der Waals surface area contributed by atoms with Gasteiger partial charge < -0.3 is 5.32 Å². The Labute approximate surface area is 172 Å². The van der Waals surface area contributed by atoms with Crippen LogP contribution in [-0.4, -0.2) is 29.5 Å². The van der Waals surface area contributed by atoms with Crippen molar-refractivity contribution in [3.63, 3.8) is 0 Å². The topological polar surface area (TPSA) is 101 Å². The number of hydrogen-bond donors (Lipinski definition) is 2. The summed E-state index contributed by atoms with van der Waals surface area (Å²) in [6, 6.07) is 5.67. The number of aromatic amines is 1. The molecule has 3 heterocycles. The number of fused-ring (bicyclic) bond motifs is 3. The summed E-state index contributed by atoms with van der Waals surface area (Å²) in [4.78, 5) is 30.1. The van der Waals surface area contributed by atoms with Crippen LogP contribution in [0.4, 0.5) is 11.6 Å². The van der Waals surface area contributed by atoms with Gasteiger partial charge in [0.05, 0.1) is 12.1 Å². The maximum atomic E-state index is 12.6. The zero-order valence-electron chi connectivity index (χ0n) is 16.5. The van der Waals surface area contributed by atoms with E-state index in [1.54, 1.807) is 18.5 Å². The molecule has 6 rings (SSSR count). The molecule has 8 heteroatoms. The zero-order chi connectivity index (χ0) is 20.1. The Balaban J connectivity index is 1.38. The summed E-state index contributed by atoms with van der Waals surface area (Å²) in [6.45, 7) is 0. The first-order chi connectivity index (χ1) is 14.7. The van der Waals surface area contributed by atoms with E-state index in [1.165, 1.54) is 51.4 Å². The lowest BCUT2D eigenvalue weighted by molar-refractivity contribution is 0.865. The van der Waals surface area contributed by atoms with Crippen molar-refractivity contribution < 1.29 is 0 Å². The fourth-order valence-electron chi connectivity index (χ4n) is 4.74. The monoisotopic (exact) mass is 399 g/mol. The molecule has 0 bridgehead atoms. The SMILES string of the molecule is O=c1cc(Cc2ncccn2)nc2nc(Nc3c4c(cc5c3CCC5)CCC4)[nH]n12. The molecule has 8 nitrogen and oxygen atoms in total. The quantitative estimate of drug-likeness (QED) is 0.547. The van der Waals surface area contributed by atoms with Crippen molar-refractivity contribution in [1.29, 1.82) is 0 Å². The summed E-state index contributed by atoms with van der Waals surface area (Å²) in [5.74, 6) is 1.51. The predicted octanol–water partition coefficient (Wildman–Crippen LogP) is 2.52. The number of rotatable bonds is 4. The fourth-order valence-corrected chi connectivity index (χ4v) is 4.74. The molecule has 0 unspecified atom stereocenters. The molecule has 0 fully saturated rings. The van der Waals surface area contributed by atoms with Crippen molar-refractivity contribution in [3.05, 3.63) is 74.7 Å². The van der Waals surface area contributed by atoms with Crippen LogP contribution in [0, 0.1) is 0 Å². The molecule has 0 amide bonds. The highest BCUT2D eigenvalue weighted by molar-refractivity contribution is 5.70. The minimum Gasteiger partial charge on any atom is -0.324 e. The van der Waals surface area contributed by atoms with Crippen molar-refractivity contribution in [2.24, 2.45) is 0 Å². The zero-order valence-corrected chi connectivity index (χ0v) is 16.5. The van der Waals surface area contributed by atoms with Gasteiger partial charge in [0.15, 0.2) is 0 Å². The van der Waals surface area contributed by atoms with Gasteiger partial charge in [-0.1, -0.05) is 6.07 Å². The molecule has 0 atom stereocenters. The smallest absolute Gasteiger partial charge is 0.274 e. The number of aryl methyl sites for hydroxylation is 2. The van der Waals surface area contributed by atoms with Crippen LogP contribution in [0.5, 0.6) is 0 Å². The van der Waals surface area contributed by atoms with E-state index in [0.29, 0.717) is 29.7 Å². The molecular weight excluding hydrogens is 378 g/mol. The van der Waals surface area contributed by atoms with Crippen LogP contribution in [-0.2, 0) is 32.1 Å². The lowest BCUT2D eigenvalue weighted by Crippen LogP contribution is -2.16. The molecule has 0 spiro atoms. The number of hydrogen-bond acceptors (Lipinski definition) is 6. The molecular formula is C22H21N7O. The molecule has 2 aliphatic rings. The van der Waals surface area contributed by atoms with E-state index in [2.05, 4.69) is 36.4 Å². The number of nitrogens with one attached hydrogen (secondary N) is 2. The molecule has 0 radical (unpaired) electrons. The largest absolute Gasteiger partial charge is 0.324 e. The Morgan fingerprint density at radius 2 is 1.70 bits per heavy atom. The molecule has 30 heavy (non-hydrogen) atoms. The number of anilines is 2. The second-order valence-electron chi connectivity index (χ2n) is 7.99. The van der Waals surface area contributed by atoms with E-state index in [0.717, 1.165) is 25.7 Å². The summed E-state index contributed by atoms with van der Waals surface area (Å²) in [5.41, 5.74) is 7.30.